The van der Waals surface area contributed by atoms with Crippen LogP contribution in [0.25, 0.3) is 0 Å². The third-order valence-corrected chi connectivity index (χ3v) is 5.26. The molecule has 0 radical (unpaired) electrons. The molecule has 1 aliphatic carbocycles. The Morgan fingerprint density at radius 2 is 2.04 bits per heavy atom. The van der Waals surface area contributed by atoms with E-state index in [1.165, 1.54) is 23.4 Å². The molecule has 0 fully saturated rings. The van der Waals surface area contributed by atoms with E-state index in [4.69, 9.17) is 40.6 Å². The summed E-state index contributed by atoms with van der Waals surface area (Å²) in [6, 6.07) is 3.09. The van der Waals surface area contributed by atoms with Gasteiger partial charge in [-0.1, -0.05) is 34.8 Å². The molecule has 0 spiro atoms. The number of hydrogen-bond acceptors (Lipinski definition) is 5. The predicted molar refractivity (Wildman–Crippen MR) is 96.5 cm³/mol. The lowest BCUT2D eigenvalue weighted by atomic mass is 9.91. The zero-order valence-electron chi connectivity index (χ0n) is 11.9. The Hall–Kier alpha value is -1.01. The average molecular weight is 392 g/mol. The van der Waals surface area contributed by atoms with Gasteiger partial charge in [-0.15, -0.1) is 11.8 Å². The van der Waals surface area contributed by atoms with Crippen LogP contribution in [0.1, 0.15) is 35.2 Å². The number of nitrogens with two attached hydrogens (primary N) is 1. The van der Waals surface area contributed by atoms with Gasteiger partial charge >= 0.3 is 0 Å². The number of nitrogens with zero attached hydrogens (tertiary/aromatic N) is 1. The van der Waals surface area contributed by atoms with Crippen LogP contribution in [0.15, 0.2) is 27.8 Å². The number of hydrogen-bond donors (Lipinski definition) is 1. The summed E-state index contributed by atoms with van der Waals surface area (Å²) in [5.74, 6) is 4.74. The van der Waals surface area contributed by atoms with Crippen molar-refractivity contribution in [3.63, 3.8) is 0 Å². The van der Waals surface area contributed by atoms with E-state index < -0.39 is 5.78 Å². The summed E-state index contributed by atoms with van der Waals surface area (Å²) in [6.45, 7) is 0. The average Bonchev–Trinajstić information content (AvgIpc) is 2.50. The van der Waals surface area contributed by atoms with Crippen molar-refractivity contribution < 1.29 is 9.59 Å². The third kappa shape index (κ3) is 4.10. The molecule has 0 heterocycles. The Bertz CT molecular complexity index is 717. The van der Waals surface area contributed by atoms with Gasteiger partial charge in [0, 0.05) is 33.4 Å². The van der Waals surface area contributed by atoms with Gasteiger partial charge in [-0.25, -0.2) is 0 Å². The first-order valence-corrected chi connectivity index (χ1v) is 8.92. The zero-order valence-corrected chi connectivity index (χ0v) is 15.0. The summed E-state index contributed by atoms with van der Waals surface area (Å²) in [5.41, 5.74) is 2.29. The Morgan fingerprint density at radius 1 is 1.30 bits per heavy atom. The standard InChI is InChI=1S/C15H13Cl3N2O2S/c16-10-5-4-8(14(18)9(10)6-23-7-20-19)15(22)13-11(17)2-1-3-12(13)21/h4-5,7H,1-3,6,19H2/b20-7+. The summed E-state index contributed by atoms with van der Waals surface area (Å²) < 4.78 is 0. The van der Waals surface area contributed by atoms with Crippen molar-refractivity contribution in [1.82, 2.24) is 0 Å². The highest BCUT2D eigenvalue weighted by Crippen LogP contribution is 2.34. The molecular formula is C15H13Cl3N2O2S. The van der Waals surface area contributed by atoms with Crippen LogP contribution in [0.4, 0.5) is 0 Å². The lowest BCUT2D eigenvalue weighted by molar-refractivity contribution is -0.115. The van der Waals surface area contributed by atoms with Gasteiger partial charge in [-0.05, 0) is 25.0 Å². The maximum atomic E-state index is 12.7. The molecule has 2 N–H and O–H groups in total. The zero-order chi connectivity index (χ0) is 17.0. The van der Waals surface area contributed by atoms with E-state index in [2.05, 4.69) is 5.10 Å². The van der Waals surface area contributed by atoms with E-state index in [0.29, 0.717) is 40.6 Å². The molecule has 122 valence electrons. The topological polar surface area (TPSA) is 72.5 Å². The van der Waals surface area contributed by atoms with E-state index >= 15 is 0 Å². The van der Waals surface area contributed by atoms with Crippen molar-refractivity contribution in [3.05, 3.63) is 43.9 Å². The summed E-state index contributed by atoms with van der Waals surface area (Å²) in [5, 5.41) is 4.32. The fourth-order valence-corrected chi connectivity index (χ4v) is 3.96. The highest BCUT2D eigenvalue weighted by atomic mass is 35.5. The number of allylic oxidation sites excluding steroid dienone is 2. The molecule has 1 aliphatic rings. The minimum absolute atomic E-state index is 0.0317. The fraction of sp³-hybridized carbons (Fsp3) is 0.267. The molecule has 0 amide bonds. The van der Waals surface area contributed by atoms with Crippen LogP contribution < -0.4 is 5.84 Å². The van der Waals surface area contributed by atoms with E-state index in [-0.39, 0.29) is 21.9 Å². The molecule has 0 aliphatic heterocycles. The number of halogens is 3. The Kier molecular flexibility index (Phi) is 6.53. The first-order valence-electron chi connectivity index (χ1n) is 6.74. The number of thioether (sulfide) groups is 1. The molecule has 0 unspecified atom stereocenters. The summed E-state index contributed by atoms with van der Waals surface area (Å²) in [6.07, 6.45) is 1.50. The smallest absolute Gasteiger partial charge is 0.199 e. The van der Waals surface area contributed by atoms with Gasteiger partial charge in [-0.3, -0.25) is 9.59 Å². The monoisotopic (exact) mass is 390 g/mol. The Morgan fingerprint density at radius 3 is 2.70 bits per heavy atom. The van der Waals surface area contributed by atoms with E-state index in [1.807, 2.05) is 0 Å². The quantitative estimate of drug-likeness (QED) is 0.199. The van der Waals surface area contributed by atoms with Gasteiger partial charge in [0.25, 0.3) is 0 Å². The number of carbonyl (C=O) groups excluding carboxylic acids is 2. The molecule has 0 aromatic heterocycles. The second-order valence-corrected chi connectivity index (χ2v) is 6.91. The van der Waals surface area contributed by atoms with Gasteiger partial charge in [0.2, 0.25) is 0 Å². The van der Waals surface area contributed by atoms with Crippen LogP contribution in [0, 0.1) is 0 Å². The lowest BCUT2D eigenvalue weighted by Crippen LogP contribution is -2.18. The highest BCUT2D eigenvalue weighted by Gasteiger charge is 2.28. The minimum atomic E-state index is -0.458. The van der Waals surface area contributed by atoms with Gasteiger partial charge in [-0.2, -0.15) is 5.10 Å². The first-order chi connectivity index (χ1) is 11.0. The largest absolute Gasteiger partial charge is 0.323 e. The van der Waals surface area contributed by atoms with Crippen LogP contribution in [0.2, 0.25) is 10.0 Å². The van der Waals surface area contributed by atoms with Crippen molar-refractivity contribution in [2.45, 2.75) is 25.0 Å². The number of rotatable bonds is 5. The van der Waals surface area contributed by atoms with Crippen LogP contribution in [-0.2, 0) is 10.5 Å². The number of ketones is 2. The van der Waals surface area contributed by atoms with Crippen molar-refractivity contribution in [3.8, 4) is 0 Å². The maximum absolute atomic E-state index is 12.7. The van der Waals surface area contributed by atoms with Crippen molar-refractivity contribution in [2.75, 3.05) is 0 Å². The molecule has 1 aromatic rings. The van der Waals surface area contributed by atoms with Crippen LogP contribution >= 0.6 is 46.6 Å². The molecular weight excluding hydrogens is 379 g/mol. The van der Waals surface area contributed by atoms with Crippen molar-refractivity contribution in [2.24, 2.45) is 10.9 Å². The molecule has 0 saturated heterocycles. The Balaban J connectivity index is 2.42. The molecule has 0 atom stereocenters. The van der Waals surface area contributed by atoms with Gasteiger partial charge in [0.15, 0.2) is 11.6 Å². The van der Waals surface area contributed by atoms with Gasteiger partial charge in [0.1, 0.15) is 0 Å². The SMILES string of the molecule is N/N=C/SCc1c(Cl)ccc(C(=O)C2=C(Cl)CCCC2=O)c1Cl. The number of hydrazone groups is 1. The molecule has 0 saturated carbocycles. The molecule has 1 aromatic carbocycles. The summed E-state index contributed by atoms with van der Waals surface area (Å²) in [7, 11) is 0. The predicted octanol–water partition coefficient (Wildman–Crippen LogP) is 4.56. The Labute approximate surface area is 153 Å². The van der Waals surface area contributed by atoms with Crippen LogP contribution in [-0.4, -0.2) is 17.1 Å². The summed E-state index contributed by atoms with van der Waals surface area (Å²) in [4.78, 5) is 24.7. The number of carbonyl (C=O) groups is 2. The van der Waals surface area contributed by atoms with E-state index in [1.54, 1.807) is 6.07 Å². The molecule has 23 heavy (non-hydrogen) atoms. The highest BCUT2D eigenvalue weighted by molar-refractivity contribution is 8.11. The van der Waals surface area contributed by atoms with Crippen molar-refractivity contribution >= 4 is 63.7 Å². The van der Waals surface area contributed by atoms with Gasteiger partial charge in [0.05, 0.1) is 16.1 Å². The molecule has 2 rings (SSSR count). The number of Topliss-reactive ketones (excluding diaryl/α,β-unsaturated/α-hetero) is 2. The minimum Gasteiger partial charge on any atom is -0.323 e. The van der Waals surface area contributed by atoms with Crippen LogP contribution in [0.5, 0.6) is 0 Å². The molecule has 8 heteroatoms. The normalized spacial score (nSPS) is 15.5. The molecule has 4 nitrogen and oxygen atoms in total. The molecule has 0 bridgehead atoms. The van der Waals surface area contributed by atoms with E-state index in [9.17, 15) is 9.59 Å². The summed E-state index contributed by atoms with van der Waals surface area (Å²) >= 11 is 19.8. The fourth-order valence-electron chi connectivity index (χ4n) is 2.26. The first kappa shape index (κ1) is 18.3. The maximum Gasteiger partial charge on any atom is 0.199 e. The van der Waals surface area contributed by atoms with Crippen LogP contribution in [0.3, 0.4) is 0 Å². The van der Waals surface area contributed by atoms with Crippen molar-refractivity contribution in [1.29, 1.82) is 0 Å². The lowest BCUT2D eigenvalue weighted by Gasteiger charge is -2.16. The second kappa shape index (κ2) is 8.20. The van der Waals surface area contributed by atoms with E-state index in [0.717, 1.165) is 0 Å². The van der Waals surface area contributed by atoms with Gasteiger partial charge < -0.3 is 5.84 Å². The number of benzene rings is 1. The third-order valence-electron chi connectivity index (χ3n) is 3.37. The second-order valence-electron chi connectivity index (χ2n) is 4.84.